The fourth-order valence-electron chi connectivity index (χ4n) is 3.49. The number of carbonyl (C=O) groups excluding carboxylic acids is 1. The average Bonchev–Trinajstić information content (AvgIpc) is 3.37. The van der Waals surface area contributed by atoms with Crippen molar-refractivity contribution < 1.29 is 9.00 Å². The highest BCUT2D eigenvalue weighted by atomic mass is 32.2. The second-order valence-electron chi connectivity index (χ2n) is 6.51. The number of fused-ring (bicyclic) bond motifs is 1. The summed E-state index contributed by atoms with van der Waals surface area (Å²) in [6.07, 6.45) is 3.24. The minimum atomic E-state index is -0.934. The number of nitrogens with zero attached hydrogens (tertiary/aromatic N) is 1. The molecule has 4 rings (SSSR count). The largest absolute Gasteiger partial charge is 0.371 e. The normalized spacial score (nSPS) is 14.7. The molecule has 0 spiro atoms. The van der Waals surface area contributed by atoms with Crippen LogP contribution in [0.5, 0.6) is 0 Å². The van der Waals surface area contributed by atoms with E-state index in [1.165, 1.54) is 30.8 Å². The maximum Gasteiger partial charge on any atom is 0.116 e. The SMILES string of the molecule is CC=O.CC[S@@](=O)c1ccc(N2CCCC2)c(-c2cc3ccccc3[nH]2)c1. The van der Waals surface area contributed by atoms with Gasteiger partial charge in [-0.15, -0.1) is 0 Å². The van der Waals surface area contributed by atoms with Gasteiger partial charge in [-0.05, 0) is 50.1 Å². The van der Waals surface area contributed by atoms with Gasteiger partial charge in [0.1, 0.15) is 6.29 Å². The van der Waals surface area contributed by atoms with Crippen LogP contribution in [0.3, 0.4) is 0 Å². The van der Waals surface area contributed by atoms with Crippen LogP contribution in [0.2, 0.25) is 0 Å². The van der Waals surface area contributed by atoms with Crippen molar-refractivity contribution >= 4 is 33.7 Å². The van der Waals surface area contributed by atoms with E-state index in [-0.39, 0.29) is 0 Å². The molecular formula is C22H26N2O2S. The molecule has 142 valence electrons. The van der Waals surface area contributed by atoms with Gasteiger partial charge in [0.2, 0.25) is 0 Å². The summed E-state index contributed by atoms with van der Waals surface area (Å²) < 4.78 is 12.3. The van der Waals surface area contributed by atoms with Crippen molar-refractivity contribution in [2.75, 3.05) is 23.7 Å². The number of aldehydes is 1. The highest BCUT2D eigenvalue weighted by Crippen LogP contribution is 2.35. The van der Waals surface area contributed by atoms with Crippen LogP contribution in [0.1, 0.15) is 26.7 Å². The van der Waals surface area contributed by atoms with Gasteiger partial charge in [0.05, 0.1) is 10.8 Å². The molecule has 1 aromatic heterocycles. The molecule has 1 saturated heterocycles. The summed E-state index contributed by atoms with van der Waals surface area (Å²) in [6, 6.07) is 16.8. The minimum absolute atomic E-state index is 0.648. The maximum absolute atomic E-state index is 12.3. The first kappa shape index (κ1) is 19.4. The van der Waals surface area contributed by atoms with Gasteiger partial charge < -0.3 is 14.7 Å². The average molecular weight is 383 g/mol. The first-order valence-corrected chi connectivity index (χ1v) is 10.7. The number of carbonyl (C=O) groups is 1. The molecular weight excluding hydrogens is 356 g/mol. The lowest BCUT2D eigenvalue weighted by molar-refractivity contribution is -0.106. The fraction of sp³-hybridized carbons (Fsp3) is 0.318. The van der Waals surface area contributed by atoms with E-state index in [9.17, 15) is 4.21 Å². The third kappa shape index (κ3) is 4.30. The van der Waals surface area contributed by atoms with Crippen LogP contribution in [0.25, 0.3) is 22.2 Å². The van der Waals surface area contributed by atoms with Gasteiger partial charge in [0, 0.05) is 51.6 Å². The molecule has 0 aliphatic carbocycles. The van der Waals surface area contributed by atoms with Crippen LogP contribution in [0.4, 0.5) is 5.69 Å². The molecule has 4 nitrogen and oxygen atoms in total. The molecule has 0 saturated carbocycles. The van der Waals surface area contributed by atoms with E-state index in [0.29, 0.717) is 5.75 Å². The van der Waals surface area contributed by atoms with Crippen LogP contribution in [0.15, 0.2) is 53.4 Å². The van der Waals surface area contributed by atoms with Gasteiger partial charge in [-0.25, -0.2) is 0 Å². The Morgan fingerprint density at radius 3 is 2.48 bits per heavy atom. The Morgan fingerprint density at radius 1 is 1.11 bits per heavy atom. The van der Waals surface area contributed by atoms with Gasteiger partial charge in [-0.2, -0.15) is 0 Å². The number of aromatic nitrogens is 1. The molecule has 0 amide bonds. The summed E-state index contributed by atoms with van der Waals surface area (Å²) in [6.45, 7) is 5.61. The second kappa shape index (κ2) is 9.00. The van der Waals surface area contributed by atoms with E-state index in [0.717, 1.165) is 41.0 Å². The second-order valence-corrected chi connectivity index (χ2v) is 8.25. The third-order valence-electron chi connectivity index (χ3n) is 4.76. The Balaban J connectivity index is 0.000000659. The Morgan fingerprint density at radius 2 is 1.81 bits per heavy atom. The van der Waals surface area contributed by atoms with Gasteiger partial charge >= 0.3 is 0 Å². The summed E-state index contributed by atoms with van der Waals surface area (Å²) in [4.78, 5) is 15.7. The van der Waals surface area contributed by atoms with E-state index in [1.54, 1.807) is 0 Å². The lowest BCUT2D eigenvalue weighted by Crippen LogP contribution is -2.18. The summed E-state index contributed by atoms with van der Waals surface area (Å²) in [5, 5.41) is 1.21. The number of H-pyrrole nitrogens is 1. The molecule has 0 unspecified atom stereocenters. The molecule has 1 N–H and O–H groups in total. The summed E-state index contributed by atoms with van der Waals surface area (Å²) in [7, 11) is -0.934. The first-order valence-electron chi connectivity index (χ1n) is 9.43. The molecule has 2 aromatic carbocycles. The van der Waals surface area contributed by atoms with Crippen LogP contribution in [-0.2, 0) is 15.6 Å². The summed E-state index contributed by atoms with van der Waals surface area (Å²) >= 11 is 0. The smallest absolute Gasteiger partial charge is 0.116 e. The van der Waals surface area contributed by atoms with E-state index in [4.69, 9.17) is 4.79 Å². The number of nitrogens with one attached hydrogen (secondary N) is 1. The predicted molar refractivity (Wildman–Crippen MR) is 114 cm³/mol. The highest BCUT2D eigenvalue weighted by molar-refractivity contribution is 7.85. The highest BCUT2D eigenvalue weighted by Gasteiger charge is 2.19. The first-order chi connectivity index (χ1) is 13.2. The van der Waals surface area contributed by atoms with Gasteiger partial charge in [-0.1, -0.05) is 25.1 Å². The van der Waals surface area contributed by atoms with Crippen molar-refractivity contribution in [1.82, 2.24) is 4.98 Å². The Hall–Kier alpha value is -2.40. The third-order valence-corrected chi connectivity index (χ3v) is 6.06. The number of rotatable bonds is 4. The zero-order valence-corrected chi connectivity index (χ0v) is 16.7. The summed E-state index contributed by atoms with van der Waals surface area (Å²) in [5.74, 6) is 0.648. The van der Waals surface area contributed by atoms with Gasteiger partial charge in [0.25, 0.3) is 0 Å². The van der Waals surface area contributed by atoms with E-state index >= 15 is 0 Å². The lowest BCUT2D eigenvalue weighted by atomic mass is 10.1. The maximum atomic E-state index is 12.3. The van der Waals surface area contributed by atoms with Crippen molar-refractivity contribution in [2.24, 2.45) is 0 Å². The Labute approximate surface area is 163 Å². The number of aromatic amines is 1. The van der Waals surface area contributed by atoms with Crippen LogP contribution in [0, 0.1) is 0 Å². The van der Waals surface area contributed by atoms with E-state index < -0.39 is 10.8 Å². The minimum Gasteiger partial charge on any atom is -0.371 e. The molecule has 1 atom stereocenters. The van der Waals surface area contributed by atoms with Crippen molar-refractivity contribution in [2.45, 2.75) is 31.6 Å². The van der Waals surface area contributed by atoms with Crippen LogP contribution in [-0.4, -0.2) is 34.3 Å². The zero-order chi connectivity index (χ0) is 19.2. The predicted octanol–water partition coefficient (Wildman–Crippen LogP) is 4.77. The van der Waals surface area contributed by atoms with Crippen molar-refractivity contribution in [3.63, 3.8) is 0 Å². The van der Waals surface area contributed by atoms with Gasteiger partial charge in [-0.3, -0.25) is 4.21 Å². The van der Waals surface area contributed by atoms with Crippen LogP contribution >= 0.6 is 0 Å². The molecule has 2 heterocycles. The summed E-state index contributed by atoms with van der Waals surface area (Å²) in [5.41, 5.74) is 4.65. The topological polar surface area (TPSA) is 53.2 Å². The standard InChI is InChI=1S/C20H22N2OS.C2H4O/c1-2-24(23)16-9-10-20(22-11-5-6-12-22)17(14-16)19-13-15-7-3-4-8-18(15)21-19;1-2-3/h3-4,7-10,13-14,21H,2,5-6,11-12H2,1H3;2H,1H3/t24-;/m1./s1. The fourth-order valence-corrected chi connectivity index (χ4v) is 4.29. The molecule has 5 heteroatoms. The molecule has 0 radical (unpaired) electrons. The number of hydrogen-bond acceptors (Lipinski definition) is 3. The zero-order valence-electron chi connectivity index (χ0n) is 15.9. The van der Waals surface area contributed by atoms with Gasteiger partial charge in [0.15, 0.2) is 0 Å². The molecule has 27 heavy (non-hydrogen) atoms. The van der Waals surface area contributed by atoms with E-state index in [2.05, 4.69) is 46.3 Å². The Bertz CT molecular complexity index is 909. The van der Waals surface area contributed by atoms with Crippen molar-refractivity contribution in [3.05, 3.63) is 48.5 Å². The van der Waals surface area contributed by atoms with Crippen molar-refractivity contribution in [3.8, 4) is 11.3 Å². The molecule has 0 bridgehead atoms. The Kier molecular flexibility index (Phi) is 6.45. The molecule has 3 aromatic rings. The van der Waals surface area contributed by atoms with Crippen LogP contribution < -0.4 is 4.90 Å². The number of para-hydroxylation sites is 1. The quantitative estimate of drug-likeness (QED) is 0.662. The monoisotopic (exact) mass is 382 g/mol. The van der Waals surface area contributed by atoms with E-state index in [1.807, 2.05) is 19.1 Å². The number of anilines is 1. The lowest BCUT2D eigenvalue weighted by Gasteiger charge is -2.21. The van der Waals surface area contributed by atoms with Crippen molar-refractivity contribution in [1.29, 1.82) is 0 Å². The molecule has 1 aliphatic heterocycles. The number of hydrogen-bond donors (Lipinski definition) is 1. The molecule has 1 aliphatic rings. The number of benzene rings is 2. The molecule has 1 fully saturated rings.